The van der Waals surface area contributed by atoms with Gasteiger partial charge in [0.05, 0.1) is 11.6 Å². The quantitative estimate of drug-likeness (QED) is 0.747. The summed E-state index contributed by atoms with van der Waals surface area (Å²) >= 11 is 10.8. The van der Waals surface area contributed by atoms with Crippen LogP contribution in [0.25, 0.3) is 0 Å². The van der Waals surface area contributed by atoms with Gasteiger partial charge in [-0.3, -0.25) is 0 Å². The minimum absolute atomic E-state index is 0.255. The highest BCUT2D eigenvalue weighted by atomic mass is 35.5. The van der Waals surface area contributed by atoms with Crippen molar-refractivity contribution in [3.05, 3.63) is 28.3 Å². The lowest BCUT2D eigenvalue weighted by atomic mass is 10.1. The van der Waals surface area contributed by atoms with E-state index in [0.717, 1.165) is 11.3 Å². The van der Waals surface area contributed by atoms with Crippen molar-refractivity contribution in [2.75, 3.05) is 6.79 Å². The summed E-state index contributed by atoms with van der Waals surface area (Å²) in [5.74, 6) is 0.739. The predicted molar refractivity (Wildman–Crippen MR) is 57.6 cm³/mol. The Morgan fingerprint density at radius 2 is 2.29 bits per heavy atom. The Kier molecular flexibility index (Phi) is 2.58. The Labute approximate surface area is 91.7 Å². The summed E-state index contributed by atoms with van der Waals surface area (Å²) in [5, 5.41) is 0.533. The lowest BCUT2D eigenvalue weighted by molar-refractivity contribution is -0.0163. The number of hydrogen-bond acceptors (Lipinski definition) is 3. The largest absolute Gasteiger partial charge is 0.467 e. The fraction of sp³-hybridized carbons (Fsp3) is 0.222. The molecular formula is C9H8ClNO2S. The second-order valence-corrected chi connectivity index (χ2v) is 3.76. The van der Waals surface area contributed by atoms with Crippen molar-refractivity contribution in [2.24, 2.45) is 5.73 Å². The summed E-state index contributed by atoms with van der Waals surface area (Å²) in [6.45, 7) is 0.762. The maximum Gasteiger partial charge on any atom is 0.189 e. The third-order valence-corrected chi connectivity index (χ3v) is 2.50. The van der Waals surface area contributed by atoms with E-state index >= 15 is 0 Å². The Morgan fingerprint density at radius 1 is 1.50 bits per heavy atom. The highest BCUT2D eigenvalue weighted by Crippen LogP contribution is 2.29. The summed E-state index contributed by atoms with van der Waals surface area (Å²) in [7, 11) is 0. The van der Waals surface area contributed by atoms with E-state index in [9.17, 15) is 0 Å². The van der Waals surface area contributed by atoms with E-state index in [4.69, 9.17) is 39.0 Å². The van der Waals surface area contributed by atoms with Crippen molar-refractivity contribution >= 4 is 28.8 Å². The smallest absolute Gasteiger partial charge is 0.189 e. The Balaban J connectivity index is 2.50. The number of thiocarbonyl (C=S) groups is 1. The number of halogens is 1. The molecule has 0 amide bonds. The van der Waals surface area contributed by atoms with Crippen LogP contribution >= 0.6 is 23.8 Å². The van der Waals surface area contributed by atoms with Gasteiger partial charge in [-0.1, -0.05) is 23.8 Å². The van der Waals surface area contributed by atoms with E-state index in [2.05, 4.69) is 0 Å². The fourth-order valence-electron chi connectivity index (χ4n) is 1.29. The standard InChI is InChI=1S/C9H8ClNO2S/c10-7-1-5-3-12-4-13-8(5)2-6(7)9(11)14/h1-2H,3-4H2,(H2,11,14). The molecule has 5 heteroatoms. The van der Waals surface area contributed by atoms with Crippen LogP contribution in [0, 0.1) is 0 Å². The molecule has 1 aliphatic heterocycles. The van der Waals surface area contributed by atoms with E-state index in [0.29, 0.717) is 17.2 Å². The molecule has 0 aromatic heterocycles. The summed E-state index contributed by atoms with van der Waals surface area (Å²) < 4.78 is 10.4. The van der Waals surface area contributed by atoms with Gasteiger partial charge < -0.3 is 15.2 Å². The van der Waals surface area contributed by atoms with Crippen LogP contribution in [0.5, 0.6) is 5.75 Å². The van der Waals surface area contributed by atoms with Crippen LogP contribution in [0.15, 0.2) is 12.1 Å². The van der Waals surface area contributed by atoms with E-state index in [1.807, 2.05) is 0 Å². The van der Waals surface area contributed by atoms with Crippen molar-refractivity contribution in [3.63, 3.8) is 0 Å². The van der Waals surface area contributed by atoms with Crippen LogP contribution in [-0.2, 0) is 11.3 Å². The Morgan fingerprint density at radius 3 is 3.00 bits per heavy atom. The van der Waals surface area contributed by atoms with Crippen molar-refractivity contribution < 1.29 is 9.47 Å². The first kappa shape index (κ1) is 9.71. The monoisotopic (exact) mass is 229 g/mol. The number of fused-ring (bicyclic) bond motifs is 1. The number of nitrogens with two attached hydrogens (primary N) is 1. The van der Waals surface area contributed by atoms with E-state index in [-0.39, 0.29) is 11.8 Å². The van der Waals surface area contributed by atoms with Crippen molar-refractivity contribution in [1.29, 1.82) is 0 Å². The molecule has 0 atom stereocenters. The zero-order valence-corrected chi connectivity index (χ0v) is 8.82. The third kappa shape index (κ3) is 1.68. The number of rotatable bonds is 1. The van der Waals surface area contributed by atoms with Gasteiger partial charge >= 0.3 is 0 Å². The van der Waals surface area contributed by atoms with Crippen LogP contribution in [0.1, 0.15) is 11.1 Å². The molecule has 0 fully saturated rings. The SMILES string of the molecule is NC(=S)c1cc2c(cc1Cl)COCO2. The summed E-state index contributed by atoms with van der Waals surface area (Å²) in [4.78, 5) is 0.271. The van der Waals surface area contributed by atoms with Crippen LogP contribution in [-0.4, -0.2) is 11.8 Å². The van der Waals surface area contributed by atoms with Gasteiger partial charge in [-0.05, 0) is 12.1 Å². The van der Waals surface area contributed by atoms with Gasteiger partial charge in [0.25, 0.3) is 0 Å². The van der Waals surface area contributed by atoms with Crippen LogP contribution in [0.4, 0.5) is 0 Å². The van der Waals surface area contributed by atoms with Gasteiger partial charge in [0.1, 0.15) is 10.7 Å². The molecule has 0 saturated carbocycles. The van der Waals surface area contributed by atoms with E-state index < -0.39 is 0 Å². The summed E-state index contributed by atoms with van der Waals surface area (Å²) in [6, 6.07) is 3.52. The topological polar surface area (TPSA) is 44.5 Å². The molecule has 0 spiro atoms. The zero-order chi connectivity index (χ0) is 10.1. The molecule has 0 saturated heterocycles. The Bertz CT molecular complexity index is 395. The number of ether oxygens (including phenoxy) is 2. The minimum Gasteiger partial charge on any atom is -0.467 e. The van der Waals surface area contributed by atoms with Crippen molar-refractivity contribution in [1.82, 2.24) is 0 Å². The molecule has 3 nitrogen and oxygen atoms in total. The fourth-order valence-corrected chi connectivity index (χ4v) is 1.80. The van der Waals surface area contributed by atoms with Gasteiger partial charge in [-0.25, -0.2) is 0 Å². The second-order valence-electron chi connectivity index (χ2n) is 2.91. The highest BCUT2D eigenvalue weighted by molar-refractivity contribution is 7.80. The molecule has 14 heavy (non-hydrogen) atoms. The van der Waals surface area contributed by atoms with Crippen LogP contribution < -0.4 is 10.5 Å². The molecule has 1 aliphatic rings. The maximum absolute atomic E-state index is 5.98. The summed E-state index contributed by atoms with van der Waals surface area (Å²) in [5.41, 5.74) is 7.07. The molecule has 0 bridgehead atoms. The van der Waals surface area contributed by atoms with Gasteiger partial charge in [0, 0.05) is 11.1 Å². The molecule has 0 radical (unpaired) electrons. The maximum atomic E-state index is 5.98. The second kappa shape index (κ2) is 3.73. The minimum atomic E-state index is 0.255. The molecule has 1 aromatic rings. The third-order valence-electron chi connectivity index (χ3n) is 1.97. The molecule has 1 heterocycles. The average Bonchev–Trinajstić information content (AvgIpc) is 2.16. The van der Waals surface area contributed by atoms with Gasteiger partial charge in [0.2, 0.25) is 0 Å². The highest BCUT2D eigenvalue weighted by Gasteiger charge is 2.14. The van der Waals surface area contributed by atoms with E-state index in [1.54, 1.807) is 12.1 Å². The Hall–Kier alpha value is -0.840. The van der Waals surface area contributed by atoms with Gasteiger partial charge in [-0.15, -0.1) is 0 Å². The first-order chi connectivity index (χ1) is 6.68. The van der Waals surface area contributed by atoms with Crippen molar-refractivity contribution in [3.8, 4) is 5.75 Å². The molecular weight excluding hydrogens is 222 g/mol. The van der Waals surface area contributed by atoms with Gasteiger partial charge in [0.15, 0.2) is 6.79 Å². The molecule has 2 rings (SSSR count). The lowest BCUT2D eigenvalue weighted by Gasteiger charge is -2.18. The summed E-state index contributed by atoms with van der Waals surface area (Å²) in [6.07, 6.45) is 0. The predicted octanol–water partition coefficient (Wildman–Crippen LogP) is 1.84. The van der Waals surface area contributed by atoms with Crippen molar-refractivity contribution in [2.45, 2.75) is 6.61 Å². The molecule has 74 valence electrons. The van der Waals surface area contributed by atoms with E-state index in [1.165, 1.54) is 0 Å². The first-order valence-corrected chi connectivity index (χ1v) is 4.80. The molecule has 0 aliphatic carbocycles. The zero-order valence-electron chi connectivity index (χ0n) is 7.25. The van der Waals surface area contributed by atoms with Crippen LogP contribution in [0.2, 0.25) is 5.02 Å². The average molecular weight is 230 g/mol. The van der Waals surface area contributed by atoms with Gasteiger partial charge in [-0.2, -0.15) is 0 Å². The first-order valence-electron chi connectivity index (χ1n) is 4.01. The van der Waals surface area contributed by atoms with Crippen LogP contribution in [0.3, 0.4) is 0 Å². The molecule has 2 N–H and O–H groups in total. The number of benzene rings is 1. The number of hydrogen-bond donors (Lipinski definition) is 1. The molecule has 1 aromatic carbocycles. The normalized spacial score (nSPS) is 14.4. The lowest BCUT2D eigenvalue weighted by Crippen LogP contribution is -2.15. The molecule has 0 unspecified atom stereocenters.